The van der Waals surface area contributed by atoms with Gasteiger partial charge in [-0.3, -0.25) is 29.8 Å². The number of fused-ring (bicyclic) bond motifs is 1. The van der Waals surface area contributed by atoms with Gasteiger partial charge in [0.25, 0.3) is 11.5 Å². The molecule has 2 N–H and O–H groups in total. The van der Waals surface area contributed by atoms with Crippen molar-refractivity contribution in [1.82, 2.24) is 20.4 Å². The van der Waals surface area contributed by atoms with Crippen molar-refractivity contribution in [2.45, 2.75) is 43.8 Å². The number of hydrogen-bond donors (Lipinski definition) is 2. The molecule has 7 nitrogen and oxygen atoms in total. The van der Waals surface area contributed by atoms with Gasteiger partial charge >= 0.3 is 0 Å². The summed E-state index contributed by atoms with van der Waals surface area (Å²) in [5.41, 5.74) is 7.17. The van der Waals surface area contributed by atoms with Crippen molar-refractivity contribution in [3.63, 3.8) is 0 Å². The molecular formula is C25H26N4O3S. The van der Waals surface area contributed by atoms with Crippen LogP contribution in [-0.4, -0.2) is 27.1 Å². The van der Waals surface area contributed by atoms with Gasteiger partial charge in [0.05, 0.1) is 16.7 Å². The molecule has 1 aliphatic carbocycles. The van der Waals surface area contributed by atoms with E-state index in [9.17, 15) is 14.4 Å². The Morgan fingerprint density at radius 2 is 1.79 bits per heavy atom. The molecule has 0 saturated carbocycles. The Balaban J connectivity index is 1.45. The van der Waals surface area contributed by atoms with E-state index in [2.05, 4.69) is 21.9 Å². The Morgan fingerprint density at radius 3 is 2.58 bits per heavy atom. The van der Waals surface area contributed by atoms with Crippen LogP contribution in [0.4, 0.5) is 0 Å². The molecule has 0 radical (unpaired) electrons. The lowest BCUT2D eigenvalue weighted by atomic mass is 9.97. The molecule has 33 heavy (non-hydrogen) atoms. The molecule has 0 atom stereocenters. The molecule has 1 heterocycles. The summed E-state index contributed by atoms with van der Waals surface area (Å²) in [7, 11) is 0. The first-order valence-electron chi connectivity index (χ1n) is 11.1. The normalized spacial score (nSPS) is 13.4. The van der Waals surface area contributed by atoms with Crippen LogP contribution in [0.1, 0.15) is 42.5 Å². The molecule has 4 rings (SSSR count). The Bertz CT molecular complexity index is 1240. The average Bonchev–Trinajstić information content (AvgIpc) is 2.86. The maximum atomic E-state index is 13.2. The SMILES string of the molecule is O=C(CSc1nc2ccccc2c(=O)n1CCC1=CCCCC1)NNC(=O)c1ccccc1. The summed E-state index contributed by atoms with van der Waals surface area (Å²) >= 11 is 1.19. The Hall–Kier alpha value is -3.39. The molecule has 8 heteroatoms. The standard InChI is InChI=1S/C25H26N4O3S/c30-22(27-28-23(31)19-11-5-2-6-12-19)17-33-25-26-21-14-8-7-13-20(21)24(32)29(25)16-15-18-9-3-1-4-10-18/h2,5-9,11-14H,1,3-4,10,15-17H2,(H,27,30)(H,28,31). The summed E-state index contributed by atoms with van der Waals surface area (Å²) in [4.78, 5) is 42.3. The molecule has 2 aromatic carbocycles. The molecular weight excluding hydrogens is 436 g/mol. The second kappa shape index (κ2) is 11.0. The largest absolute Gasteiger partial charge is 0.287 e. The number of hydrazine groups is 1. The number of aromatic nitrogens is 2. The van der Waals surface area contributed by atoms with Gasteiger partial charge in [-0.15, -0.1) is 0 Å². The van der Waals surface area contributed by atoms with Crippen LogP contribution >= 0.6 is 11.8 Å². The van der Waals surface area contributed by atoms with Crippen LogP contribution in [-0.2, 0) is 11.3 Å². The first-order valence-corrected chi connectivity index (χ1v) is 12.0. The van der Waals surface area contributed by atoms with E-state index in [-0.39, 0.29) is 17.2 Å². The minimum absolute atomic E-state index is 0.0164. The van der Waals surface area contributed by atoms with Crippen molar-refractivity contribution in [3.05, 3.63) is 82.2 Å². The number of allylic oxidation sites excluding steroid dienone is 2. The predicted octanol–water partition coefficient (Wildman–Crippen LogP) is 3.84. The van der Waals surface area contributed by atoms with E-state index in [1.807, 2.05) is 18.2 Å². The summed E-state index contributed by atoms with van der Waals surface area (Å²) in [6, 6.07) is 15.9. The van der Waals surface area contributed by atoms with E-state index in [1.54, 1.807) is 41.0 Å². The third-order valence-electron chi connectivity index (χ3n) is 5.55. The highest BCUT2D eigenvalue weighted by atomic mass is 32.2. The third kappa shape index (κ3) is 5.90. The fraction of sp³-hybridized carbons (Fsp3) is 0.280. The fourth-order valence-electron chi connectivity index (χ4n) is 3.80. The Morgan fingerprint density at radius 1 is 1.00 bits per heavy atom. The van der Waals surface area contributed by atoms with Gasteiger partial charge in [0.1, 0.15) is 0 Å². The van der Waals surface area contributed by atoms with Crippen molar-refractivity contribution >= 4 is 34.5 Å². The number of amides is 2. The number of para-hydroxylation sites is 1. The van der Waals surface area contributed by atoms with Crippen LogP contribution in [0.5, 0.6) is 0 Å². The first kappa shape index (κ1) is 22.8. The molecule has 1 aromatic heterocycles. The second-order valence-electron chi connectivity index (χ2n) is 7.88. The molecule has 170 valence electrons. The molecule has 0 aliphatic heterocycles. The lowest BCUT2D eigenvalue weighted by Crippen LogP contribution is -2.42. The fourth-order valence-corrected chi connectivity index (χ4v) is 4.62. The highest BCUT2D eigenvalue weighted by Gasteiger charge is 2.15. The number of rotatable bonds is 7. The number of carbonyl (C=O) groups is 2. The van der Waals surface area contributed by atoms with Gasteiger partial charge in [0.15, 0.2) is 5.16 Å². The zero-order valence-electron chi connectivity index (χ0n) is 18.3. The molecule has 0 fully saturated rings. The molecule has 0 saturated heterocycles. The summed E-state index contributed by atoms with van der Waals surface area (Å²) in [5.74, 6) is -0.758. The molecule has 0 bridgehead atoms. The van der Waals surface area contributed by atoms with E-state index >= 15 is 0 Å². The lowest BCUT2D eigenvalue weighted by Gasteiger charge is -2.16. The summed E-state index contributed by atoms with van der Waals surface area (Å²) in [6.07, 6.45) is 7.65. The monoisotopic (exact) mass is 462 g/mol. The van der Waals surface area contributed by atoms with E-state index in [0.717, 1.165) is 19.3 Å². The van der Waals surface area contributed by atoms with Crippen LogP contribution in [0.15, 0.2) is 76.2 Å². The Labute approximate surface area is 196 Å². The highest BCUT2D eigenvalue weighted by molar-refractivity contribution is 7.99. The van der Waals surface area contributed by atoms with Gasteiger partial charge in [0.2, 0.25) is 5.91 Å². The highest BCUT2D eigenvalue weighted by Crippen LogP contribution is 2.23. The van der Waals surface area contributed by atoms with Crippen molar-refractivity contribution in [1.29, 1.82) is 0 Å². The topological polar surface area (TPSA) is 93.1 Å². The van der Waals surface area contributed by atoms with Gasteiger partial charge in [-0.2, -0.15) is 0 Å². The number of thioether (sulfide) groups is 1. The van der Waals surface area contributed by atoms with Crippen LogP contribution in [0.3, 0.4) is 0 Å². The molecule has 3 aromatic rings. The molecule has 1 aliphatic rings. The minimum Gasteiger partial charge on any atom is -0.287 e. The van der Waals surface area contributed by atoms with Gasteiger partial charge in [0, 0.05) is 12.1 Å². The van der Waals surface area contributed by atoms with Gasteiger partial charge < -0.3 is 0 Å². The number of benzene rings is 2. The molecule has 2 amide bonds. The van der Waals surface area contributed by atoms with Gasteiger partial charge in [-0.05, 0) is 56.4 Å². The van der Waals surface area contributed by atoms with E-state index in [0.29, 0.717) is 28.2 Å². The lowest BCUT2D eigenvalue weighted by molar-refractivity contribution is -0.119. The Kier molecular flexibility index (Phi) is 7.57. The molecule has 0 unspecified atom stereocenters. The van der Waals surface area contributed by atoms with Crippen molar-refractivity contribution in [2.75, 3.05) is 5.75 Å². The van der Waals surface area contributed by atoms with Crippen LogP contribution in [0.2, 0.25) is 0 Å². The van der Waals surface area contributed by atoms with E-state index in [4.69, 9.17) is 0 Å². The van der Waals surface area contributed by atoms with Crippen LogP contribution in [0, 0.1) is 0 Å². The number of carbonyl (C=O) groups excluding carboxylic acids is 2. The predicted molar refractivity (Wildman–Crippen MR) is 130 cm³/mol. The van der Waals surface area contributed by atoms with Crippen molar-refractivity contribution in [3.8, 4) is 0 Å². The smallest absolute Gasteiger partial charge is 0.269 e. The summed E-state index contributed by atoms with van der Waals surface area (Å²) in [6.45, 7) is 0.525. The van der Waals surface area contributed by atoms with Gasteiger partial charge in [-0.25, -0.2) is 4.98 Å². The quantitative estimate of drug-likeness (QED) is 0.241. The van der Waals surface area contributed by atoms with E-state index in [1.165, 1.54) is 30.2 Å². The third-order valence-corrected chi connectivity index (χ3v) is 6.53. The number of nitrogens with zero attached hydrogens (tertiary/aromatic N) is 2. The minimum atomic E-state index is -0.393. The van der Waals surface area contributed by atoms with E-state index < -0.39 is 5.91 Å². The maximum absolute atomic E-state index is 13.2. The first-order chi connectivity index (χ1) is 16.1. The maximum Gasteiger partial charge on any atom is 0.269 e. The summed E-state index contributed by atoms with van der Waals surface area (Å²) in [5, 5.41) is 1.07. The number of nitrogens with one attached hydrogen (secondary N) is 2. The zero-order valence-corrected chi connectivity index (χ0v) is 19.1. The van der Waals surface area contributed by atoms with Crippen molar-refractivity contribution in [2.24, 2.45) is 0 Å². The number of hydrogen-bond acceptors (Lipinski definition) is 5. The second-order valence-corrected chi connectivity index (χ2v) is 8.83. The van der Waals surface area contributed by atoms with Crippen LogP contribution in [0.25, 0.3) is 10.9 Å². The van der Waals surface area contributed by atoms with Crippen LogP contribution < -0.4 is 16.4 Å². The summed E-state index contributed by atoms with van der Waals surface area (Å²) < 4.78 is 1.66. The zero-order chi connectivity index (χ0) is 23.0. The molecule has 0 spiro atoms. The average molecular weight is 463 g/mol. The van der Waals surface area contributed by atoms with Gasteiger partial charge in [-0.1, -0.05) is 53.7 Å². The van der Waals surface area contributed by atoms with Crippen molar-refractivity contribution < 1.29 is 9.59 Å².